The molecule has 170 valence electrons. The van der Waals surface area contributed by atoms with Crippen molar-refractivity contribution >= 4 is 23.5 Å². The molecule has 0 aliphatic carbocycles. The fourth-order valence-corrected chi connectivity index (χ4v) is 4.22. The van der Waals surface area contributed by atoms with E-state index in [2.05, 4.69) is 0 Å². The van der Waals surface area contributed by atoms with Crippen LogP contribution in [0.25, 0.3) is 0 Å². The number of hydrogen-bond donors (Lipinski definition) is 0. The maximum atomic E-state index is 12.8. The van der Waals surface area contributed by atoms with Gasteiger partial charge in [0.1, 0.15) is 19.0 Å². The van der Waals surface area contributed by atoms with E-state index >= 15 is 0 Å². The second-order valence-electron chi connectivity index (χ2n) is 7.93. The number of ether oxygens (including phenoxy) is 4. The van der Waals surface area contributed by atoms with E-state index in [1.54, 1.807) is 30.0 Å². The monoisotopic (exact) mass is 459 g/mol. The van der Waals surface area contributed by atoms with Crippen LogP contribution in [0.1, 0.15) is 36.9 Å². The Bertz CT molecular complexity index is 1010. The molecule has 1 fully saturated rings. The summed E-state index contributed by atoms with van der Waals surface area (Å²) in [4.78, 5) is 27.0. The summed E-state index contributed by atoms with van der Waals surface area (Å²) in [5, 5.41) is 0.592. The molecule has 2 aromatic carbocycles. The second-order valence-corrected chi connectivity index (χ2v) is 8.36. The maximum Gasteiger partial charge on any atom is 0.347 e. The van der Waals surface area contributed by atoms with Gasteiger partial charge in [0.25, 0.3) is 5.91 Å². The Balaban J connectivity index is 1.34. The first-order valence-corrected chi connectivity index (χ1v) is 11.1. The standard InChI is InChI=1S/C24H26ClNO6/c1-15-12-18(25)6-8-20(15)32-16(2)24(28)31-14-23(27)26-9-3-4-19(26)17-5-7-21-22(13-17)30-11-10-29-21/h5-8,12-13,16,19H,3-4,9-11,14H2,1-2H3. The molecule has 2 aliphatic heterocycles. The van der Waals surface area contributed by atoms with Crippen LogP contribution in [-0.2, 0) is 14.3 Å². The van der Waals surface area contributed by atoms with E-state index in [1.807, 2.05) is 25.1 Å². The number of benzene rings is 2. The predicted molar refractivity (Wildman–Crippen MR) is 118 cm³/mol. The first-order valence-electron chi connectivity index (χ1n) is 10.7. The van der Waals surface area contributed by atoms with Crippen LogP contribution in [0.5, 0.6) is 17.2 Å². The highest BCUT2D eigenvalue weighted by molar-refractivity contribution is 6.30. The average molecular weight is 460 g/mol. The Morgan fingerprint density at radius 2 is 1.94 bits per heavy atom. The number of carbonyl (C=O) groups is 2. The SMILES string of the molecule is Cc1cc(Cl)ccc1OC(C)C(=O)OCC(=O)N1CCCC1c1ccc2c(c1)OCCO2. The summed E-state index contributed by atoms with van der Waals surface area (Å²) in [7, 11) is 0. The lowest BCUT2D eigenvalue weighted by molar-refractivity contribution is -0.157. The number of esters is 1. The van der Waals surface area contributed by atoms with Crippen molar-refractivity contribution < 1.29 is 28.5 Å². The van der Waals surface area contributed by atoms with Gasteiger partial charge in [-0.05, 0) is 68.1 Å². The van der Waals surface area contributed by atoms with Crippen LogP contribution in [0.15, 0.2) is 36.4 Å². The highest BCUT2D eigenvalue weighted by Crippen LogP contribution is 2.38. The van der Waals surface area contributed by atoms with Crippen molar-refractivity contribution in [3.8, 4) is 17.2 Å². The molecule has 2 unspecified atom stereocenters. The number of amides is 1. The van der Waals surface area contributed by atoms with Gasteiger partial charge >= 0.3 is 5.97 Å². The van der Waals surface area contributed by atoms with Gasteiger partial charge in [-0.25, -0.2) is 4.79 Å². The topological polar surface area (TPSA) is 74.3 Å². The predicted octanol–water partition coefficient (Wildman–Crippen LogP) is 4.09. The van der Waals surface area contributed by atoms with Crippen LogP contribution in [0, 0.1) is 6.92 Å². The lowest BCUT2D eigenvalue weighted by Crippen LogP contribution is -2.36. The number of carbonyl (C=O) groups excluding carboxylic acids is 2. The molecule has 0 spiro atoms. The van der Waals surface area contributed by atoms with Crippen LogP contribution in [0.2, 0.25) is 5.02 Å². The molecule has 32 heavy (non-hydrogen) atoms. The summed E-state index contributed by atoms with van der Waals surface area (Å²) in [6.07, 6.45) is 0.873. The zero-order chi connectivity index (χ0) is 22.7. The molecule has 1 amide bonds. The first-order chi connectivity index (χ1) is 15.4. The number of likely N-dealkylation sites (tertiary alicyclic amines) is 1. The third kappa shape index (κ3) is 4.93. The lowest BCUT2D eigenvalue weighted by atomic mass is 10.0. The number of hydrogen-bond acceptors (Lipinski definition) is 6. The molecule has 8 heteroatoms. The van der Waals surface area contributed by atoms with E-state index < -0.39 is 12.1 Å². The van der Waals surface area contributed by atoms with Gasteiger partial charge in [-0.2, -0.15) is 0 Å². The largest absolute Gasteiger partial charge is 0.486 e. The highest BCUT2D eigenvalue weighted by atomic mass is 35.5. The summed E-state index contributed by atoms with van der Waals surface area (Å²) < 4.78 is 22.2. The van der Waals surface area contributed by atoms with Gasteiger partial charge in [0.05, 0.1) is 6.04 Å². The summed E-state index contributed by atoms with van der Waals surface area (Å²) in [5.74, 6) is 1.13. The van der Waals surface area contributed by atoms with Crippen LogP contribution in [0.3, 0.4) is 0 Å². The fourth-order valence-electron chi connectivity index (χ4n) is 4.00. The smallest absolute Gasteiger partial charge is 0.347 e. The molecular weight excluding hydrogens is 434 g/mol. The molecule has 0 radical (unpaired) electrons. The van der Waals surface area contributed by atoms with Crippen molar-refractivity contribution in [1.82, 2.24) is 4.90 Å². The normalized spacial score (nSPS) is 18.2. The molecule has 2 atom stereocenters. The number of halogens is 1. The lowest BCUT2D eigenvalue weighted by Gasteiger charge is -2.27. The van der Waals surface area contributed by atoms with Crippen LogP contribution >= 0.6 is 11.6 Å². The zero-order valence-corrected chi connectivity index (χ0v) is 18.9. The Hall–Kier alpha value is -2.93. The van der Waals surface area contributed by atoms with Crippen molar-refractivity contribution in [1.29, 1.82) is 0 Å². The zero-order valence-electron chi connectivity index (χ0n) is 18.1. The van der Waals surface area contributed by atoms with Crippen LogP contribution in [-0.4, -0.2) is 49.2 Å². The van der Waals surface area contributed by atoms with Gasteiger partial charge in [0, 0.05) is 11.6 Å². The molecule has 0 bridgehead atoms. The summed E-state index contributed by atoms with van der Waals surface area (Å²) >= 11 is 5.95. The van der Waals surface area contributed by atoms with Gasteiger partial charge in [-0.15, -0.1) is 0 Å². The number of fused-ring (bicyclic) bond motifs is 1. The molecule has 2 aliphatic rings. The maximum absolute atomic E-state index is 12.8. The summed E-state index contributed by atoms with van der Waals surface area (Å²) in [5.41, 5.74) is 1.80. The Morgan fingerprint density at radius 1 is 1.16 bits per heavy atom. The molecule has 1 saturated heterocycles. The quantitative estimate of drug-likeness (QED) is 0.605. The molecule has 0 saturated carbocycles. The van der Waals surface area contributed by atoms with Crippen molar-refractivity contribution in [3.05, 3.63) is 52.5 Å². The van der Waals surface area contributed by atoms with E-state index in [-0.39, 0.29) is 18.6 Å². The average Bonchev–Trinajstić information content (AvgIpc) is 3.28. The number of nitrogens with zero attached hydrogens (tertiary/aromatic N) is 1. The van der Waals surface area contributed by atoms with Crippen LogP contribution in [0.4, 0.5) is 0 Å². The Labute approximate surface area is 192 Å². The Kier molecular flexibility index (Phi) is 6.74. The van der Waals surface area contributed by atoms with Crippen molar-refractivity contribution in [2.45, 2.75) is 38.8 Å². The molecule has 7 nitrogen and oxygen atoms in total. The summed E-state index contributed by atoms with van der Waals surface area (Å²) in [6, 6.07) is 10.8. The molecule has 2 aromatic rings. The minimum Gasteiger partial charge on any atom is -0.486 e. The third-order valence-corrected chi connectivity index (χ3v) is 5.87. The Morgan fingerprint density at radius 3 is 2.72 bits per heavy atom. The molecule has 0 N–H and O–H groups in total. The van der Waals surface area contributed by atoms with E-state index in [1.165, 1.54) is 0 Å². The van der Waals surface area contributed by atoms with Gasteiger partial charge in [0.2, 0.25) is 0 Å². The van der Waals surface area contributed by atoms with Gasteiger partial charge < -0.3 is 23.8 Å². The third-order valence-electron chi connectivity index (χ3n) is 5.63. The van der Waals surface area contributed by atoms with Gasteiger partial charge in [-0.1, -0.05) is 17.7 Å². The van der Waals surface area contributed by atoms with E-state index in [9.17, 15) is 9.59 Å². The second kappa shape index (κ2) is 9.69. The fraction of sp³-hybridized carbons (Fsp3) is 0.417. The minimum absolute atomic E-state index is 0.0811. The van der Waals surface area contributed by atoms with Crippen molar-refractivity contribution in [3.63, 3.8) is 0 Å². The van der Waals surface area contributed by atoms with E-state index in [4.69, 9.17) is 30.5 Å². The number of aryl methyl sites for hydroxylation is 1. The van der Waals surface area contributed by atoms with Crippen molar-refractivity contribution in [2.75, 3.05) is 26.4 Å². The van der Waals surface area contributed by atoms with Crippen LogP contribution < -0.4 is 14.2 Å². The molecule has 2 heterocycles. The van der Waals surface area contributed by atoms with Gasteiger partial charge in [0.15, 0.2) is 24.2 Å². The molecular formula is C24H26ClNO6. The number of rotatable bonds is 6. The molecule has 0 aromatic heterocycles. The van der Waals surface area contributed by atoms with E-state index in [0.29, 0.717) is 36.3 Å². The summed E-state index contributed by atoms with van der Waals surface area (Å²) in [6.45, 7) is 4.77. The van der Waals surface area contributed by atoms with Gasteiger partial charge in [-0.3, -0.25) is 4.79 Å². The minimum atomic E-state index is -0.852. The van der Waals surface area contributed by atoms with Crippen molar-refractivity contribution in [2.24, 2.45) is 0 Å². The first kappa shape index (κ1) is 22.3. The highest BCUT2D eigenvalue weighted by Gasteiger charge is 2.32. The molecule has 4 rings (SSSR count). The van der Waals surface area contributed by atoms with E-state index in [0.717, 1.165) is 29.7 Å².